The van der Waals surface area contributed by atoms with Crippen molar-refractivity contribution >= 4 is 39.5 Å². The zero-order valence-corrected chi connectivity index (χ0v) is 61.1. The third-order valence-corrected chi connectivity index (χ3v) is 18.2. The van der Waals surface area contributed by atoms with Gasteiger partial charge in [0.05, 0.1) is 26.4 Å². The van der Waals surface area contributed by atoms with Crippen LogP contribution in [-0.4, -0.2) is 96.7 Å². The van der Waals surface area contributed by atoms with Crippen LogP contribution in [-0.2, 0) is 65.4 Å². The number of esters is 4. The number of rotatable bonds is 70. The highest BCUT2D eigenvalue weighted by Crippen LogP contribution is 2.45. The minimum absolute atomic E-state index is 0.100. The van der Waals surface area contributed by atoms with E-state index in [9.17, 15) is 43.2 Å². The van der Waals surface area contributed by atoms with Crippen LogP contribution in [0.1, 0.15) is 350 Å². The van der Waals surface area contributed by atoms with Gasteiger partial charge in [-0.3, -0.25) is 37.3 Å². The van der Waals surface area contributed by atoms with Crippen LogP contribution < -0.4 is 0 Å². The van der Waals surface area contributed by atoms with Crippen LogP contribution in [0.15, 0.2) is 24.3 Å². The van der Waals surface area contributed by atoms with Crippen LogP contribution in [0.2, 0.25) is 0 Å². The van der Waals surface area contributed by atoms with Crippen molar-refractivity contribution in [3.63, 3.8) is 0 Å². The van der Waals surface area contributed by atoms with Gasteiger partial charge in [0.2, 0.25) is 0 Å². The summed E-state index contributed by atoms with van der Waals surface area (Å²) in [6.07, 6.45) is 53.6. The molecule has 542 valence electrons. The lowest BCUT2D eigenvalue weighted by atomic mass is 10.0. The quantitative estimate of drug-likeness (QED) is 0.0169. The third-order valence-electron chi connectivity index (χ3n) is 16.3. The fourth-order valence-electron chi connectivity index (χ4n) is 10.6. The number of unbranched alkanes of at least 4 members (excludes halogenated alkanes) is 37. The van der Waals surface area contributed by atoms with Gasteiger partial charge in [-0.15, -0.1) is 0 Å². The summed E-state index contributed by atoms with van der Waals surface area (Å²) < 4.78 is 68.3. The number of hydrogen-bond donors (Lipinski definition) is 3. The molecule has 0 fully saturated rings. The topological polar surface area (TPSA) is 237 Å². The SMILES string of the molecule is CCCCCC/C=C\C=C/CCCCCCCC(=O)OC[C@H](COP(=O)(O)OC[C@@H](O)COP(=O)(O)OC[C@@H](COC(=O)CCCCCCCCC)OC(=O)CCCCCCCCCCCCC(C)C)OC(=O)CCCCCCCCCCCCCCCCC(C)C. The van der Waals surface area contributed by atoms with Crippen LogP contribution in [0.25, 0.3) is 0 Å². The molecule has 92 heavy (non-hydrogen) atoms. The Balaban J connectivity index is 5.24. The van der Waals surface area contributed by atoms with Crippen molar-refractivity contribution in [2.24, 2.45) is 11.8 Å². The molecule has 0 aromatic carbocycles. The number of aliphatic hydroxyl groups is 1. The first kappa shape index (κ1) is 89.5. The van der Waals surface area contributed by atoms with Gasteiger partial charge in [0.1, 0.15) is 19.3 Å². The lowest BCUT2D eigenvalue weighted by Crippen LogP contribution is -2.30. The van der Waals surface area contributed by atoms with Crippen molar-refractivity contribution in [2.45, 2.75) is 368 Å². The maximum atomic E-state index is 13.0. The van der Waals surface area contributed by atoms with E-state index < -0.39 is 97.5 Å². The van der Waals surface area contributed by atoms with E-state index in [1.165, 1.54) is 135 Å². The van der Waals surface area contributed by atoms with Gasteiger partial charge in [0.15, 0.2) is 12.2 Å². The maximum absolute atomic E-state index is 13.0. The Morgan fingerprint density at radius 2 is 0.587 bits per heavy atom. The van der Waals surface area contributed by atoms with Gasteiger partial charge in [-0.25, -0.2) is 9.13 Å². The molecule has 0 heterocycles. The number of hydrogen-bond acceptors (Lipinski definition) is 15. The molecule has 2 unspecified atom stereocenters. The number of aliphatic hydroxyl groups excluding tert-OH is 1. The van der Waals surface area contributed by atoms with Gasteiger partial charge >= 0.3 is 39.5 Å². The summed E-state index contributed by atoms with van der Waals surface area (Å²) in [6, 6.07) is 0. The van der Waals surface area contributed by atoms with E-state index in [1.54, 1.807) is 0 Å². The number of phosphoric ester groups is 2. The second kappa shape index (κ2) is 64.5. The first-order valence-corrected chi connectivity index (χ1v) is 40.3. The Hall–Kier alpha value is -2.46. The standard InChI is InChI=1S/C73H138O17P2/c1-7-9-11-13-15-16-17-18-19-23-26-32-38-44-50-56-71(76)84-62-69(90-72(77)57-51-45-39-33-27-24-21-20-22-25-30-36-41-47-53-65(3)4)64-88-92(81,82)86-60-67(74)59-85-91(79,80)87-63-68(61-83-70(75)55-49-43-35-14-12-10-8-2)89-73(78)58-52-46-40-34-29-28-31-37-42-48-54-66(5)6/h16-19,65-69,74H,7-15,20-64H2,1-6H3,(H,79,80)(H,81,82)/b17-16-,19-18-/t67-,68+,69+/m0/s1. The zero-order valence-electron chi connectivity index (χ0n) is 59.3. The molecule has 0 bridgehead atoms. The molecule has 0 aliphatic heterocycles. The van der Waals surface area contributed by atoms with Crippen molar-refractivity contribution in [1.29, 1.82) is 0 Å². The number of carbonyl (C=O) groups is 4. The van der Waals surface area contributed by atoms with E-state index in [-0.39, 0.29) is 25.7 Å². The van der Waals surface area contributed by atoms with Crippen LogP contribution in [0.3, 0.4) is 0 Å². The normalized spacial score (nSPS) is 14.2. The van der Waals surface area contributed by atoms with E-state index in [2.05, 4.69) is 65.8 Å². The molecule has 0 aliphatic rings. The monoisotopic (exact) mass is 1350 g/mol. The summed E-state index contributed by atoms with van der Waals surface area (Å²) in [7, 11) is -9.91. The Morgan fingerprint density at radius 1 is 0.337 bits per heavy atom. The highest BCUT2D eigenvalue weighted by molar-refractivity contribution is 7.47. The van der Waals surface area contributed by atoms with E-state index in [4.69, 9.17) is 37.0 Å². The van der Waals surface area contributed by atoms with Gasteiger partial charge in [0, 0.05) is 25.7 Å². The van der Waals surface area contributed by atoms with Gasteiger partial charge in [0.25, 0.3) is 0 Å². The van der Waals surface area contributed by atoms with Crippen LogP contribution >= 0.6 is 15.6 Å². The molecule has 5 atom stereocenters. The molecule has 0 aromatic rings. The Morgan fingerprint density at radius 3 is 0.891 bits per heavy atom. The first-order chi connectivity index (χ1) is 44.4. The number of phosphoric acid groups is 2. The molecule has 0 rings (SSSR count). The van der Waals surface area contributed by atoms with Crippen molar-refractivity contribution in [3.05, 3.63) is 24.3 Å². The highest BCUT2D eigenvalue weighted by Gasteiger charge is 2.30. The van der Waals surface area contributed by atoms with Gasteiger partial charge < -0.3 is 33.8 Å². The summed E-state index contributed by atoms with van der Waals surface area (Å²) in [5.41, 5.74) is 0. The Kier molecular flexibility index (Phi) is 62.8. The predicted octanol–water partition coefficient (Wildman–Crippen LogP) is 20.7. The van der Waals surface area contributed by atoms with Gasteiger partial charge in [-0.2, -0.15) is 0 Å². The lowest BCUT2D eigenvalue weighted by molar-refractivity contribution is -0.161. The Labute approximate surface area is 561 Å². The molecule has 0 saturated heterocycles. The number of carbonyl (C=O) groups excluding carboxylic acids is 4. The Bertz CT molecular complexity index is 1880. The molecule has 3 N–H and O–H groups in total. The van der Waals surface area contributed by atoms with Crippen molar-refractivity contribution in [3.8, 4) is 0 Å². The van der Waals surface area contributed by atoms with Crippen molar-refractivity contribution in [1.82, 2.24) is 0 Å². The number of ether oxygens (including phenoxy) is 4. The minimum atomic E-state index is -4.96. The van der Waals surface area contributed by atoms with E-state index in [1.807, 2.05) is 0 Å². The van der Waals surface area contributed by atoms with E-state index in [0.717, 1.165) is 134 Å². The van der Waals surface area contributed by atoms with Gasteiger partial charge in [-0.1, -0.05) is 297 Å². The van der Waals surface area contributed by atoms with Crippen molar-refractivity contribution < 1.29 is 80.2 Å². The average molecular weight is 1350 g/mol. The molecule has 19 heteroatoms. The molecule has 0 aromatic heterocycles. The van der Waals surface area contributed by atoms with Gasteiger partial charge in [-0.05, 0) is 63.2 Å². The second-order valence-electron chi connectivity index (χ2n) is 26.6. The zero-order chi connectivity index (χ0) is 67.9. The summed E-state index contributed by atoms with van der Waals surface area (Å²) in [5.74, 6) is -0.611. The largest absolute Gasteiger partial charge is 0.472 e. The maximum Gasteiger partial charge on any atom is 0.472 e. The van der Waals surface area contributed by atoms with E-state index >= 15 is 0 Å². The minimum Gasteiger partial charge on any atom is -0.462 e. The number of allylic oxidation sites excluding steroid dienone is 4. The molecular formula is C73H138O17P2. The first-order valence-electron chi connectivity index (χ1n) is 37.3. The van der Waals surface area contributed by atoms with Crippen LogP contribution in [0, 0.1) is 11.8 Å². The fourth-order valence-corrected chi connectivity index (χ4v) is 12.2. The average Bonchev–Trinajstić information content (AvgIpc) is 2.31. The molecule has 0 saturated carbocycles. The van der Waals surface area contributed by atoms with E-state index in [0.29, 0.717) is 25.7 Å². The molecule has 0 amide bonds. The third kappa shape index (κ3) is 66.2. The van der Waals surface area contributed by atoms with Crippen LogP contribution in [0.5, 0.6) is 0 Å². The molecular weight excluding hydrogens is 1210 g/mol. The lowest BCUT2D eigenvalue weighted by Gasteiger charge is -2.21. The summed E-state index contributed by atoms with van der Waals surface area (Å²) in [4.78, 5) is 72.5. The predicted molar refractivity (Wildman–Crippen MR) is 372 cm³/mol. The van der Waals surface area contributed by atoms with Crippen molar-refractivity contribution in [2.75, 3.05) is 39.6 Å². The molecule has 0 spiro atoms. The summed E-state index contributed by atoms with van der Waals surface area (Å²) >= 11 is 0. The molecule has 0 radical (unpaired) electrons. The fraction of sp³-hybridized carbons (Fsp3) is 0.890. The molecule has 17 nitrogen and oxygen atoms in total. The molecule has 0 aliphatic carbocycles. The highest BCUT2D eigenvalue weighted by atomic mass is 31.2. The smallest absolute Gasteiger partial charge is 0.462 e. The van der Waals surface area contributed by atoms with Crippen LogP contribution in [0.4, 0.5) is 0 Å². The second-order valence-corrected chi connectivity index (χ2v) is 29.5. The summed E-state index contributed by atoms with van der Waals surface area (Å²) in [5, 5.41) is 10.6. The summed E-state index contributed by atoms with van der Waals surface area (Å²) in [6.45, 7) is 9.47.